The molecule has 12 heavy (non-hydrogen) atoms. The van der Waals surface area contributed by atoms with E-state index in [1.54, 1.807) is 24.3 Å². The quantitative estimate of drug-likeness (QED) is 0.741. The highest BCUT2D eigenvalue weighted by Crippen LogP contribution is 2.11. The second-order valence-electron chi connectivity index (χ2n) is 2.17. The fraction of sp³-hybridized carbons (Fsp3) is 0.222. The minimum Gasteiger partial charge on any atom is -0.493 e. The summed E-state index contributed by atoms with van der Waals surface area (Å²) in [5.74, 6) is 0.799. The largest absolute Gasteiger partial charge is 0.493 e. The molecule has 1 rings (SSSR count). The monoisotopic (exact) mass is 225 g/mol. The van der Waals surface area contributed by atoms with Crippen LogP contribution < -0.4 is 4.74 Å². The summed E-state index contributed by atoms with van der Waals surface area (Å²) in [5, 5.41) is 9.32. The van der Waals surface area contributed by atoms with E-state index < -0.39 is 0 Å². The second-order valence-corrected chi connectivity index (χ2v) is 2.97. The van der Waals surface area contributed by atoms with Crippen molar-refractivity contribution in [1.82, 2.24) is 0 Å². The van der Waals surface area contributed by atoms with Crippen LogP contribution in [0.2, 0.25) is 0 Å². The van der Waals surface area contributed by atoms with Gasteiger partial charge in [0.15, 0.2) is 0 Å². The van der Waals surface area contributed by atoms with E-state index in [0.717, 1.165) is 11.1 Å². The third-order valence-corrected chi connectivity index (χ3v) is 1.65. The van der Waals surface area contributed by atoms with E-state index in [-0.39, 0.29) is 0 Å². The molecule has 0 radical (unpaired) electrons. The van der Waals surface area contributed by atoms with Crippen molar-refractivity contribution in [3.8, 4) is 11.8 Å². The molecule has 0 saturated carbocycles. The molecule has 0 aromatic heterocycles. The molecule has 0 atom stereocenters. The number of benzene rings is 1. The average molecular weight is 226 g/mol. The van der Waals surface area contributed by atoms with Crippen LogP contribution >= 0.6 is 15.9 Å². The van der Waals surface area contributed by atoms with Gasteiger partial charge in [-0.25, -0.2) is 0 Å². The molecular weight excluding hydrogens is 218 g/mol. The molecule has 0 bridgehead atoms. The molecule has 0 heterocycles. The Bertz CT molecular complexity index is 276. The Balaban J connectivity index is 2.60. The zero-order valence-electron chi connectivity index (χ0n) is 6.46. The maximum Gasteiger partial charge on any atom is 0.119 e. The molecule has 0 fully saturated rings. The van der Waals surface area contributed by atoms with Crippen molar-refractivity contribution in [2.75, 3.05) is 11.9 Å². The second kappa shape index (κ2) is 4.78. The van der Waals surface area contributed by atoms with Gasteiger partial charge in [-0.3, -0.25) is 0 Å². The number of hydrogen-bond acceptors (Lipinski definition) is 2. The molecular formula is C9H8BrNO. The van der Waals surface area contributed by atoms with Gasteiger partial charge in [-0.1, -0.05) is 15.9 Å². The van der Waals surface area contributed by atoms with Crippen LogP contribution in [0.4, 0.5) is 0 Å². The lowest BCUT2D eigenvalue weighted by Gasteiger charge is -2.02. The standard InChI is InChI=1S/C9H8BrNO/c10-5-6-12-9-3-1-8(7-11)2-4-9/h1-4H,5-6H2. The number of nitrogens with zero attached hydrogens (tertiary/aromatic N) is 1. The van der Waals surface area contributed by atoms with Crippen molar-refractivity contribution in [1.29, 1.82) is 5.26 Å². The van der Waals surface area contributed by atoms with Gasteiger partial charge in [0, 0.05) is 5.33 Å². The topological polar surface area (TPSA) is 33.0 Å². The summed E-state index contributed by atoms with van der Waals surface area (Å²) in [6, 6.07) is 9.11. The lowest BCUT2D eigenvalue weighted by Crippen LogP contribution is -1.97. The summed E-state index contributed by atoms with van der Waals surface area (Å²) >= 11 is 3.26. The summed E-state index contributed by atoms with van der Waals surface area (Å²) < 4.78 is 5.30. The number of hydrogen-bond donors (Lipinski definition) is 0. The van der Waals surface area contributed by atoms with Gasteiger partial charge in [0.1, 0.15) is 5.75 Å². The van der Waals surface area contributed by atoms with Crippen LogP contribution in [0.5, 0.6) is 5.75 Å². The molecule has 62 valence electrons. The highest BCUT2D eigenvalue weighted by Gasteiger charge is 1.92. The molecule has 0 spiro atoms. The molecule has 1 aromatic rings. The van der Waals surface area contributed by atoms with Gasteiger partial charge in [-0.2, -0.15) is 5.26 Å². The van der Waals surface area contributed by atoms with Crippen molar-refractivity contribution in [3.63, 3.8) is 0 Å². The smallest absolute Gasteiger partial charge is 0.119 e. The Kier molecular flexibility index (Phi) is 3.62. The van der Waals surface area contributed by atoms with Crippen LogP contribution in [0.3, 0.4) is 0 Å². The van der Waals surface area contributed by atoms with Crippen LogP contribution in [0.15, 0.2) is 24.3 Å². The predicted molar refractivity (Wildman–Crippen MR) is 50.4 cm³/mol. The predicted octanol–water partition coefficient (Wildman–Crippen LogP) is 2.33. The Morgan fingerprint density at radius 3 is 2.50 bits per heavy atom. The van der Waals surface area contributed by atoms with Crippen LogP contribution in [0.25, 0.3) is 0 Å². The third-order valence-electron chi connectivity index (χ3n) is 1.33. The van der Waals surface area contributed by atoms with E-state index in [1.807, 2.05) is 6.07 Å². The summed E-state index contributed by atoms with van der Waals surface area (Å²) in [4.78, 5) is 0. The Morgan fingerprint density at radius 1 is 1.33 bits per heavy atom. The van der Waals surface area contributed by atoms with Crippen LogP contribution in [0.1, 0.15) is 5.56 Å². The first kappa shape index (κ1) is 9.08. The minimum atomic E-state index is 0.645. The van der Waals surface area contributed by atoms with Crippen LogP contribution in [-0.4, -0.2) is 11.9 Å². The zero-order valence-corrected chi connectivity index (χ0v) is 8.04. The molecule has 2 nitrogen and oxygen atoms in total. The van der Waals surface area contributed by atoms with E-state index in [4.69, 9.17) is 10.00 Å². The molecule has 0 amide bonds. The van der Waals surface area contributed by atoms with Crippen LogP contribution in [-0.2, 0) is 0 Å². The third kappa shape index (κ3) is 2.55. The number of alkyl halides is 1. The number of halogens is 1. The normalized spacial score (nSPS) is 9.00. The van der Waals surface area contributed by atoms with Crippen molar-refractivity contribution < 1.29 is 4.74 Å². The van der Waals surface area contributed by atoms with E-state index in [0.29, 0.717) is 12.2 Å². The van der Waals surface area contributed by atoms with Crippen molar-refractivity contribution in [3.05, 3.63) is 29.8 Å². The van der Waals surface area contributed by atoms with Gasteiger partial charge < -0.3 is 4.74 Å². The van der Waals surface area contributed by atoms with Crippen LogP contribution in [0, 0.1) is 11.3 Å². The molecule has 0 saturated heterocycles. The molecule has 0 aliphatic heterocycles. The SMILES string of the molecule is N#Cc1ccc(OCCBr)cc1. The first-order chi connectivity index (χ1) is 5.86. The van der Waals surface area contributed by atoms with E-state index in [9.17, 15) is 0 Å². The highest BCUT2D eigenvalue weighted by atomic mass is 79.9. The highest BCUT2D eigenvalue weighted by molar-refractivity contribution is 9.09. The summed E-state index contributed by atoms with van der Waals surface area (Å²) in [7, 11) is 0. The van der Waals surface area contributed by atoms with Gasteiger partial charge in [0.05, 0.1) is 18.2 Å². The Labute approximate surface area is 79.9 Å². The number of ether oxygens (including phenoxy) is 1. The molecule has 1 aromatic carbocycles. The molecule has 3 heteroatoms. The lowest BCUT2D eigenvalue weighted by molar-refractivity contribution is 0.345. The lowest BCUT2D eigenvalue weighted by atomic mass is 10.2. The summed E-state index contributed by atoms with van der Waals surface area (Å²) in [6.45, 7) is 0.645. The van der Waals surface area contributed by atoms with Gasteiger partial charge in [0.25, 0.3) is 0 Å². The first-order valence-electron chi connectivity index (χ1n) is 3.56. The van der Waals surface area contributed by atoms with Gasteiger partial charge in [-0.15, -0.1) is 0 Å². The average Bonchev–Trinajstić information content (AvgIpc) is 2.15. The molecule has 0 unspecified atom stereocenters. The summed E-state index contributed by atoms with van der Waals surface area (Å²) in [5.41, 5.74) is 0.654. The van der Waals surface area contributed by atoms with Crippen molar-refractivity contribution in [2.45, 2.75) is 0 Å². The van der Waals surface area contributed by atoms with E-state index >= 15 is 0 Å². The molecule has 0 aliphatic carbocycles. The summed E-state index contributed by atoms with van der Waals surface area (Å²) in [6.07, 6.45) is 0. The maximum atomic E-state index is 8.51. The number of nitriles is 1. The van der Waals surface area contributed by atoms with Gasteiger partial charge in [0.2, 0.25) is 0 Å². The molecule has 0 N–H and O–H groups in total. The first-order valence-corrected chi connectivity index (χ1v) is 4.68. The number of rotatable bonds is 3. The van der Waals surface area contributed by atoms with E-state index in [2.05, 4.69) is 15.9 Å². The fourth-order valence-electron chi connectivity index (χ4n) is 0.782. The van der Waals surface area contributed by atoms with E-state index in [1.165, 1.54) is 0 Å². The molecule has 0 aliphatic rings. The Morgan fingerprint density at radius 2 is 2.00 bits per heavy atom. The minimum absolute atomic E-state index is 0.645. The van der Waals surface area contributed by atoms with Gasteiger partial charge in [-0.05, 0) is 24.3 Å². The fourth-order valence-corrected chi connectivity index (χ4v) is 0.944. The zero-order chi connectivity index (χ0) is 8.81. The van der Waals surface area contributed by atoms with Gasteiger partial charge >= 0.3 is 0 Å². The maximum absolute atomic E-state index is 8.51. The Hall–Kier alpha value is -1.01. The van der Waals surface area contributed by atoms with Crippen molar-refractivity contribution >= 4 is 15.9 Å². The van der Waals surface area contributed by atoms with Crippen molar-refractivity contribution in [2.24, 2.45) is 0 Å².